The van der Waals surface area contributed by atoms with Gasteiger partial charge in [0.2, 0.25) is 0 Å². The molecular weight excluding hydrogens is 358 g/mol. The van der Waals surface area contributed by atoms with Gasteiger partial charge < -0.3 is 14.8 Å². The highest BCUT2D eigenvalue weighted by molar-refractivity contribution is 6.01. The van der Waals surface area contributed by atoms with Gasteiger partial charge in [-0.05, 0) is 42.8 Å². The first-order valence-electron chi connectivity index (χ1n) is 8.25. The summed E-state index contributed by atoms with van der Waals surface area (Å²) in [5.74, 6) is -0.895. The van der Waals surface area contributed by atoms with Gasteiger partial charge in [0.1, 0.15) is 23.5 Å². The van der Waals surface area contributed by atoms with Crippen molar-refractivity contribution in [3.63, 3.8) is 0 Å². The molecule has 2 aromatic rings. The molecule has 7 heteroatoms. The van der Waals surface area contributed by atoms with E-state index in [2.05, 4.69) is 5.32 Å². The largest absolute Gasteiger partial charge is 0.497 e. The van der Waals surface area contributed by atoms with Crippen LogP contribution in [-0.4, -0.2) is 25.1 Å². The fourth-order valence-electron chi connectivity index (χ4n) is 2.21. The molecule has 0 unspecified atom stereocenters. The standard InChI is InChI=1S/C21H17N3O4/c1-14(20(25)24-19-6-4-3-5-16(19)12-22)28-21(26)17(13-23)11-15-7-9-18(27-2)10-8-15/h3-11,14H,1-2H3,(H,24,25)/b17-11+/t14-/m0/s1. The first kappa shape index (κ1) is 20.2. The van der Waals surface area contributed by atoms with Gasteiger partial charge in [-0.1, -0.05) is 24.3 Å². The Labute approximate surface area is 162 Å². The zero-order valence-corrected chi connectivity index (χ0v) is 15.3. The first-order valence-corrected chi connectivity index (χ1v) is 8.25. The Hall–Kier alpha value is -4.10. The molecule has 0 radical (unpaired) electrons. The Balaban J connectivity index is 2.06. The van der Waals surface area contributed by atoms with E-state index in [1.54, 1.807) is 54.6 Å². The van der Waals surface area contributed by atoms with Gasteiger partial charge in [-0.25, -0.2) is 4.79 Å². The number of amides is 1. The Bertz CT molecular complexity index is 982. The van der Waals surface area contributed by atoms with Gasteiger partial charge in [0.25, 0.3) is 5.91 Å². The van der Waals surface area contributed by atoms with Crippen LogP contribution >= 0.6 is 0 Å². The topological polar surface area (TPSA) is 112 Å². The lowest BCUT2D eigenvalue weighted by Crippen LogP contribution is -2.30. The summed E-state index contributed by atoms with van der Waals surface area (Å²) in [7, 11) is 1.53. The molecule has 0 saturated heterocycles. The molecule has 7 nitrogen and oxygen atoms in total. The number of anilines is 1. The van der Waals surface area contributed by atoms with Gasteiger partial charge in [0.15, 0.2) is 6.10 Å². The smallest absolute Gasteiger partial charge is 0.349 e. The van der Waals surface area contributed by atoms with Gasteiger partial charge in [-0.3, -0.25) is 4.79 Å². The summed E-state index contributed by atoms with van der Waals surface area (Å²) < 4.78 is 10.1. The molecular formula is C21H17N3O4. The maximum absolute atomic E-state index is 12.2. The van der Waals surface area contributed by atoms with Crippen molar-refractivity contribution in [1.29, 1.82) is 10.5 Å². The molecule has 0 aliphatic rings. The van der Waals surface area contributed by atoms with Crippen LogP contribution in [0.25, 0.3) is 6.08 Å². The predicted octanol–water partition coefficient (Wildman–Crippen LogP) is 3.04. The fourth-order valence-corrected chi connectivity index (χ4v) is 2.21. The number of para-hydroxylation sites is 1. The van der Waals surface area contributed by atoms with E-state index < -0.39 is 18.0 Å². The third-order valence-corrected chi connectivity index (χ3v) is 3.73. The van der Waals surface area contributed by atoms with E-state index in [1.807, 2.05) is 6.07 Å². The second-order valence-corrected chi connectivity index (χ2v) is 5.64. The molecule has 1 atom stereocenters. The summed E-state index contributed by atoms with van der Waals surface area (Å²) in [6.45, 7) is 1.38. The quantitative estimate of drug-likeness (QED) is 0.472. The number of hydrogen-bond acceptors (Lipinski definition) is 6. The van der Waals surface area contributed by atoms with Crippen molar-refractivity contribution in [3.05, 3.63) is 65.2 Å². The molecule has 0 aromatic heterocycles. The predicted molar refractivity (Wildman–Crippen MR) is 102 cm³/mol. The zero-order valence-electron chi connectivity index (χ0n) is 15.3. The van der Waals surface area contributed by atoms with Crippen LogP contribution in [0.3, 0.4) is 0 Å². The maximum Gasteiger partial charge on any atom is 0.349 e. The summed E-state index contributed by atoms with van der Waals surface area (Å²) in [5, 5.41) is 20.8. The number of esters is 1. The van der Waals surface area contributed by atoms with Crippen LogP contribution in [-0.2, 0) is 14.3 Å². The number of carbonyl (C=O) groups excluding carboxylic acids is 2. The number of nitriles is 2. The van der Waals surface area contributed by atoms with Crippen molar-refractivity contribution in [1.82, 2.24) is 0 Å². The minimum absolute atomic E-state index is 0.248. The van der Waals surface area contributed by atoms with E-state index >= 15 is 0 Å². The Kier molecular flexibility index (Phi) is 6.90. The second-order valence-electron chi connectivity index (χ2n) is 5.64. The van der Waals surface area contributed by atoms with E-state index in [4.69, 9.17) is 14.7 Å². The van der Waals surface area contributed by atoms with Gasteiger partial charge in [-0.2, -0.15) is 10.5 Å². The summed E-state index contributed by atoms with van der Waals surface area (Å²) in [4.78, 5) is 24.5. The van der Waals surface area contributed by atoms with E-state index in [9.17, 15) is 14.9 Å². The van der Waals surface area contributed by atoms with Crippen molar-refractivity contribution >= 4 is 23.6 Å². The third kappa shape index (κ3) is 5.20. The van der Waals surface area contributed by atoms with Crippen molar-refractivity contribution in [3.8, 4) is 17.9 Å². The molecule has 1 amide bonds. The molecule has 2 rings (SSSR count). The minimum Gasteiger partial charge on any atom is -0.497 e. The Morgan fingerprint density at radius 3 is 2.39 bits per heavy atom. The molecule has 140 valence electrons. The average Bonchev–Trinajstić information content (AvgIpc) is 2.72. The van der Waals surface area contributed by atoms with Gasteiger partial charge in [0, 0.05) is 0 Å². The van der Waals surface area contributed by atoms with Gasteiger partial charge in [-0.15, -0.1) is 0 Å². The molecule has 28 heavy (non-hydrogen) atoms. The van der Waals surface area contributed by atoms with Crippen LogP contribution in [0.15, 0.2) is 54.1 Å². The van der Waals surface area contributed by atoms with Crippen molar-refractivity contribution < 1.29 is 19.1 Å². The van der Waals surface area contributed by atoms with Crippen LogP contribution < -0.4 is 10.1 Å². The van der Waals surface area contributed by atoms with Gasteiger partial charge in [0.05, 0.1) is 18.4 Å². The minimum atomic E-state index is -1.16. The average molecular weight is 375 g/mol. The molecule has 0 heterocycles. The molecule has 0 fully saturated rings. The van der Waals surface area contributed by atoms with Crippen LogP contribution in [0.4, 0.5) is 5.69 Å². The number of ether oxygens (including phenoxy) is 2. The first-order chi connectivity index (χ1) is 13.5. The molecule has 1 N–H and O–H groups in total. The number of nitrogens with one attached hydrogen (secondary N) is 1. The van der Waals surface area contributed by atoms with E-state index in [0.717, 1.165) is 0 Å². The number of carbonyl (C=O) groups is 2. The number of hydrogen-bond donors (Lipinski definition) is 1. The van der Waals surface area contributed by atoms with Crippen LogP contribution in [0, 0.1) is 22.7 Å². The molecule has 2 aromatic carbocycles. The molecule has 0 aliphatic carbocycles. The second kappa shape index (κ2) is 9.56. The van der Waals surface area contributed by atoms with Gasteiger partial charge >= 0.3 is 5.97 Å². The van der Waals surface area contributed by atoms with Crippen molar-refractivity contribution in [2.45, 2.75) is 13.0 Å². The highest BCUT2D eigenvalue weighted by Crippen LogP contribution is 2.16. The summed E-state index contributed by atoms with van der Waals surface area (Å²) in [6, 6.07) is 16.9. The Morgan fingerprint density at radius 2 is 1.79 bits per heavy atom. The monoisotopic (exact) mass is 375 g/mol. The summed E-state index contributed by atoms with van der Waals surface area (Å²) in [5.41, 5.74) is 0.954. The highest BCUT2D eigenvalue weighted by Gasteiger charge is 2.21. The number of nitrogens with zero attached hydrogens (tertiary/aromatic N) is 2. The summed E-state index contributed by atoms with van der Waals surface area (Å²) in [6.07, 6.45) is 0.198. The fraction of sp³-hybridized carbons (Fsp3) is 0.143. The van der Waals surface area contributed by atoms with Crippen molar-refractivity contribution in [2.75, 3.05) is 12.4 Å². The molecule has 0 spiro atoms. The van der Waals surface area contributed by atoms with E-state index in [-0.39, 0.29) is 11.1 Å². The molecule has 0 saturated carbocycles. The lowest BCUT2D eigenvalue weighted by atomic mass is 10.1. The van der Waals surface area contributed by atoms with E-state index in [0.29, 0.717) is 17.0 Å². The SMILES string of the molecule is COc1ccc(/C=C(\C#N)C(=O)O[C@@H](C)C(=O)Nc2ccccc2C#N)cc1. The third-order valence-electron chi connectivity index (χ3n) is 3.73. The highest BCUT2D eigenvalue weighted by atomic mass is 16.5. The maximum atomic E-state index is 12.2. The van der Waals surface area contributed by atoms with Crippen LogP contribution in [0.2, 0.25) is 0 Å². The van der Waals surface area contributed by atoms with Crippen LogP contribution in [0.5, 0.6) is 5.75 Å². The lowest BCUT2D eigenvalue weighted by molar-refractivity contribution is -0.148. The number of rotatable bonds is 6. The molecule has 0 aliphatic heterocycles. The normalized spacial score (nSPS) is 11.5. The molecule has 0 bridgehead atoms. The number of benzene rings is 2. The van der Waals surface area contributed by atoms with Crippen molar-refractivity contribution in [2.24, 2.45) is 0 Å². The zero-order chi connectivity index (χ0) is 20.5. The van der Waals surface area contributed by atoms with Crippen LogP contribution in [0.1, 0.15) is 18.1 Å². The number of methoxy groups -OCH3 is 1. The summed E-state index contributed by atoms with van der Waals surface area (Å²) >= 11 is 0. The Morgan fingerprint density at radius 1 is 1.11 bits per heavy atom. The van der Waals surface area contributed by atoms with E-state index in [1.165, 1.54) is 20.1 Å². The lowest BCUT2D eigenvalue weighted by Gasteiger charge is -2.13.